The molecule has 6 heteroatoms. The smallest absolute Gasteiger partial charge is 0.253 e. The van der Waals surface area contributed by atoms with E-state index in [1.165, 1.54) is 5.56 Å². The fourth-order valence-electron chi connectivity index (χ4n) is 2.77. The molecule has 132 valence electrons. The van der Waals surface area contributed by atoms with Gasteiger partial charge in [0.2, 0.25) is 10.0 Å². The highest BCUT2D eigenvalue weighted by atomic mass is 32.2. The van der Waals surface area contributed by atoms with Crippen molar-refractivity contribution < 1.29 is 13.2 Å². The second-order valence-electron chi connectivity index (χ2n) is 7.29. The molecule has 5 nitrogen and oxygen atoms in total. The molecule has 0 spiro atoms. The average Bonchev–Trinajstić information content (AvgIpc) is 3.01. The molecular formula is C18H26N2O3S. The number of rotatable bonds is 5. The van der Waals surface area contributed by atoms with Gasteiger partial charge in [-0.05, 0) is 35.4 Å². The second kappa shape index (κ2) is 7.07. The lowest BCUT2D eigenvalue weighted by molar-refractivity contribution is 0.0787. The van der Waals surface area contributed by atoms with Crippen molar-refractivity contribution in [2.45, 2.75) is 32.6 Å². The quantitative estimate of drug-likeness (QED) is 0.887. The molecule has 1 N–H and O–H groups in total. The molecule has 24 heavy (non-hydrogen) atoms. The van der Waals surface area contributed by atoms with Gasteiger partial charge in [0.15, 0.2) is 0 Å². The number of hydrogen-bond acceptors (Lipinski definition) is 3. The van der Waals surface area contributed by atoms with Gasteiger partial charge in [0.1, 0.15) is 0 Å². The first-order chi connectivity index (χ1) is 11.1. The summed E-state index contributed by atoms with van der Waals surface area (Å²) in [6, 6.07) is 7.74. The zero-order valence-corrected chi connectivity index (χ0v) is 15.4. The van der Waals surface area contributed by atoms with E-state index in [0.29, 0.717) is 25.2 Å². The van der Waals surface area contributed by atoms with Crippen molar-refractivity contribution in [2.75, 3.05) is 19.6 Å². The van der Waals surface area contributed by atoms with Crippen LogP contribution < -0.4 is 4.72 Å². The van der Waals surface area contributed by atoms with Gasteiger partial charge in [-0.25, -0.2) is 13.1 Å². The molecular weight excluding hydrogens is 324 g/mol. The normalized spacial score (nSPS) is 18.6. The zero-order valence-electron chi connectivity index (χ0n) is 14.6. The van der Waals surface area contributed by atoms with Crippen LogP contribution in [0, 0.1) is 5.92 Å². The summed E-state index contributed by atoms with van der Waals surface area (Å²) in [7, 11) is -3.41. The van der Waals surface area contributed by atoms with Gasteiger partial charge in [0, 0.05) is 30.6 Å². The van der Waals surface area contributed by atoms with Crippen molar-refractivity contribution in [1.82, 2.24) is 9.62 Å². The minimum Gasteiger partial charge on any atom is -0.338 e. The van der Waals surface area contributed by atoms with Gasteiger partial charge < -0.3 is 4.90 Å². The lowest BCUT2D eigenvalue weighted by Crippen LogP contribution is -2.32. The van der Waals surface area contributed by atoms with Crippen LogP contribution in [-0.2, 0) is 15.4 Å². The maximum absolute atomic E-state index is 12.6. The predicted octanol–water partition coefficient (Wildman–Crippen LogP) is 2.51. The number of carbonyl (C=O) groups excluding carboxylic acids is 1. The number of amides is 1. The van der Waals surface area contributed by atoms with Gasteiger partial charge >= 0.3 is 0 Å². The molecule has 1 heterocycles. The van der Waals surface area contributed by atoms with Crippen LogP contribution in [0.2, 0.25) is 0 Å². The molecule has 1 amide bonds. The Balaban J connectivity index is 1.96. The monoisotopic (exact) mass is 350 g/mol. The molecule has 1 aromatic rings. The highest BCUT2D eigenvalue weighted by Gasteiger charge is 2.27. The summed E-state index contributed by atoms with van der Waals surface area (Å²) in [5.74, 6) is 0.141. The summed E-state index contributed by atoms with van der Waals surface area (Å²) in [5.41, 5.74) is 1.93. The molecule has 1 aliphatic heterocycles. The fraction of sp³-hybridized carbons (Fsp3) is 0.500. The Bertz CT molecular complexity index is 703. The Morgan fingerprint density at radius 1 is 1.33 bits per heavy atom. The van der Waals surface area contributed by atoms with E-state index in [-0.39, 0.29) is 17.2 Å². The number of benzene rings is 1. The maximum atomic E-state index is 12.6. The van der Waals surface area contributed by atoms with Crippen LogP contribution in [-0.4, -0.2) is 38.9 Å². The van der Waals surface area contributed by atoms with Crippen molar-refractivity contribution in [3.63, 3.8) is 0 Å². The summed E-state index contributed by atoms with van der Waals surface area (Å²) < 4.78 is 25.3. The summed E-state index contributed by atoms with van der Waals surface area (Å²) in [6.45, 7) is 11.2. The van der Waals surface area contributed by atoms with E-state index in [9.17, 15) is 13.2 Å². The summed E-state index contributed by atoms with van der Waals surface area (Å²) in [5, 5.41) is 0.904. The largest absolute Gasteiger partial charge is 0.338 e. The van der Waals surface area contributed by atoms with E-state index in [4.69, 9.17) is 0 Å². The number of sulfonamides is 1. The van der Waals surface area contributed by atoms with Gasteiger partial charge in [-0.1, -0.05) is 39.5 Å². The van der Waals surface area contributed by atoms with Crippen LogP contribution in [0.15, 0.2) is 36.3 Å². The van der Waals surface area contributed by atoms with Crippen LogP contribution in [0.25, 0.3) is 0 Å². The van der Waals surface area contributed by atoms with Gasteiger partial charge in [-0.3, -0.25) is 4.79 Å². The van der Waals surface area contributed by atoms with Gasteiger partial charge in [0.25, 0.3) is 5.91 Å². The van der Waals surface area contributed by atoms with E-state index < -0.39 is 10.0 Å². The van der Waals surface area contributed by atoms with Crippen LogP contribution in [0.1, 0.15) is 43.1 Å². The summed E-state index contributed by atoms with van der Waals surface area (Å²) in [6.07, 6.45) is 0.797. The van der Waals surface area contributed by atoms with Crippen molar-refractivity contribution in [1.29, 1.82) is 0 Å². The van der Waals surface area contributed by atoms with E-state index >= 15 is 0 Å². The third-order valence-corrected chi connectivity index (χ3v) is 5.37. The lowest BCUT2D eigenvalue weighted by atomic mass is 9.86. The first kappa shape index (κ1) is 18.7. The highest BCUT2D eigenvalue weighted by Crippen LogP contribution is 2.23. The molecule has 0 radical (unpaired) electrons. The Morgan fingerprint density at radius 3 is 2.50 bits per heavy atom. The van der Waals surface area contributed by atoms with Crippen molar-refractivity contribution >= 4 is 15.9 Å². The molecule has 1 saturated heterocycles. The lowest BCUT2D eigenvalue weighted by Gasteiger charge is -2.20. The van der Waals surface area contributed by atoms with E-state index in [1.54, 1.807) is 4.90 Å². The molecule has 0 saturated carbocycles. The van der Waals surface area contributed by atoms with Gasteiger partial charge in [-0.15, -0.1) is 0 Å². The number of carbonyl (C=O) groups is 1. The topological polar surface area (TPSA) is 66.5 Å². The molecule has 1 fully saturated rings. The Kier molecular flexibility index (Phi) is 5.50. The second-order valence-corrected chi connectivity index (χ2v) is 9.01. The third-order valence-electron chi connectivity index (χ3n) is 4.36. The van der Waals surface area contributed by atoms with E-state index in [0.717, 1.165) is 11.8 Å². The molecule has 1 aliphatic rings. The molecule has 2 rings (SSSR count). The number of nitrogens with zero attached hydrogens (tertiary/aromatic N) is 1. The Hall–Kier alpha value is -1.66. The first-order valence-corrected chi connectivity index (χ1v) is 9.69. The van der Waals surface area contributed by atoms with Crippen molar-refractivity contribution in [3.8, 4) is 0 Å². The average molecular weight is 350 g/mol. The van der Waals surface area contributed by atoms with Crippen molar-refractivity contribution in [2.24, 2.45) is 5.92 Å². The van der Waals surface area contributed by atoms with Crippen LogP contribution >= 0.6 is 0 Å². The van der Waals surface area contributed by atoms with Gasteiger partial charge in [-0.2, -0.15) is 0 Å². The summed E-state index contributed by atoms with van der Waals surface area (Å²) >= 11 is 0. The SMILES string of the molecule is C=CS(=O)(=O)NCC1CCN(C(=O)c2ccc(C(C)(C)C)cc2)C1. The van der Waals surface area contributed by atoms with Gasteiger partial charge in [0.05, 0.1) is 0 Å². The molecule has 1 atom stereocenters. The molecule has 0 bridgehead atoms. The van der Waals surface area contributed by atoms with Crippen LogP contribution in [0.5, 0.6) is 0 Å². The standard InChI is InChI=1S/C18H26N2O3S/c1-5-24(22,23)19-12-14-10-11-20(13-14)17(21)15-6-8-16(9-7-15)18(2,3)4/h5-9,14,19H,1,10-13H2,2-4H3. The van der Waals surface area contributed by atoms with E-state index in [2.05, 4.69) is 32.1 Å². The number of nitrogens with one attached hydrogen (secondary N) is 1. The number of hydrogen-bond donors (Lipinski definition) is 1. The zero-order chi connectivity index (χ0) is 18.0. The molecule has 0 aliphatic carbocycles. The first-order valence-electron chi connectivity index (χ1n) is 8.14. The molecule has 0 aromatic heterocycles. The minimum absolute atomic E-state index is 0.00420. The van der Waals surface area contributed by atoms with Crippen molar-refractivity contribution in [3.05, 3.63) is 47.4 Å². The molecule has 1 aromatic carbocycles. The van der Waals surface area contributed by atoms with E-state index in [1.807, 2.05) is 24.3 Å². The van der Waals surface area contributed by atoms with Crippen LogP contribution in [0.3, 0.4) is 0 Å². The maximum Gasteiger partial charge on any atom is 0.253 e. The highest BCUT2D eigenvalue weighted by molar-refractivity contribution is 7.92. The summed E-state index contributed by atoms with van der Waals surface area (Å²) in [4.78, 5) is 14.4. The van der Waals surface area contributed by atoms with Crippen LogP contribution in [0.4, 0.5) is 0 Å². The minimum atomic E-state index is -3.41. The Labute approximate surface area is 144 Å². The third kappa shape index (κ3) is 4.68. The predicted molar refractivity (Wildman–Crippen MR) is 96.3 cm³/mol. The Morgan fingerprint density at radius 2 is 1.96 bits per heavy atom. The molecule has 1 unspecified atom stereocenters. The number of likely N-dealkylation sites (tertiary alicyclic amines) is 1. The fourth-order valence-corrected chi connectivity index (χ4v) is 3.36.